The van der Waals surface area contributed by atoms with Crippen molar-refractivity contribution >= 4 is 34.0 Å². The number of fused-ring (bicyclic) bond motifs is 1. The van der Waals surface area contributed by atoms with E-state index >= 15 is 0 Å². The van der Waals surface area contributed by atoms with Crippen molar-refractivity contribution in [2.45, 2.75) is 18.9 Å². The van der Waals surface area contributed by atoms with Crippen LogP contribution in [0.3, 0.4) is 0 Å². The molecule has 0 amide bonds. The Labute approximate surface area is 152 Å². The summed E-state index contributed by atoms with van der Waals surface area (Å²) >= 11 is 6.05. The van der Waals surface area contributed by atoms with Crippen LogP contribution in [-0.2, 0) is 0 Å². The number of rotatable bonds is 3. The third-order valence-corrected chi connectivity index (χ3v) is 4.93. The lowest BCUT2D eigenvalue weighted by molar-refractivity contribution is 0.480. The number of para-hydroxylation sites is 1. The Hall–Kier alpha value is -2.46. The molecule has 1 saturated heterocycles. The molecule has 2 heterocycles. The third kappa shape index (κ3) is 3.49. The van der Waals surface area contributed by atoms with Crippen LogP contribution >= 0.6 is 11.6 Å². The molecule has 0 unspecified atom stereocenters. The maximum Gasteiger partial charge on any atom is 0.141 e. The van der Waals surface area contributed by atoms with E-state index in [0.717, 1.165) is 47.8 Å². The van der Waals surface area contributed by atoms with Crippen molar-refractivity contribution < 1.29 is 5.11 Å². The van der Waals surface area contributed by atoms with Crippen LogP contribution in [0.5, 0.6) is 5.75 Å². The van der Waals surface area contributed by atoms with Gasteiger partial charge in [-0.2, -0.15) is 0 Å². The van der Waals surface area contributed by atoms with Gasteiger partial charge in [0, 0.05) is 35.2 Å². The monoisotopic (exact) mass is 353 g/mol. The van der Waals surface area contributed by atoms with Crippen molar-refractivity contribution in [1.29, 1.82) is 0 Å². The molecular formula is C20H20ClN3O. The number of halogens is 1. The Balaban J connectivity index is 1.44. The second-order valence-electron chi connectivity index (χ2n) is 6.43. The van der Waals surface area contributed by atoms with Gasteiger partial charge in [0.1, 0.15) is 17.1 Å². The van der Waals surface area contributed by atoms with E-state index in [9.17, 15) is 5.11 Å². The van der Waals surface area contributed by atoms with E-state index in [1.807, 2.05) is 48.5 Å². The maximum absolute atomic E-state index is 10.0. The van der Waals surface area contributed by atoms with Gasteiger partial charge in [-0.05, 0) is 49.2 Å². The molecule has 25 heavy (non-hydrogen) atoms. The van der Waals surface area contributed by atoms with Crippen molar-refractivity contribution in [3.05, 3.63) is 59.6 Å². The molecule has 1 aliphatic rings. The average Bonchev–Trinajstić information content (AvgIpc) is 2.63. The molecule has 4 nitrogen and oxygen atoms in total. The fourth-order valence-corrected chi connectivity index (χ4v) is 3.55. The molecule has 0 bridgehead atoms. The zero-order chi connectivity index (χ0) is 17.2. The predicted molar refractivity (Wildman–Crippen MR) is 104 cm³/mol. The molecule has 0 spiro atoms. The molecule has 1 aromatic heterocycles. The van der Waals surface area contributed by atoms with Crippen molar-refractivity contribution in [2.75, 3.05) is 23.3 Å². The summed E-state index contributed by atoms with van der Waals surface area (Å²) in [5.41, 5.74) is 1.74. The fourth-order valence-electron chi connectivity index (χ4n) is 3.36. The topological polar surface area (TPSA) is 48.4 Å². The van der Waals surface area contributed by atoms with Gasteiger partial charge in [-0.1, -0.05) is 29.8 Å². The molecule has 5 heteroatoms. The van der Waals surface area contributed by atoms with Crippen LogP contribution in [0.4, 0.5) is 11.5 Å². The molecule has 2 N–H and O–H groups in total. The molecule has 0 radical (unpaired) electrons. The summed E-state index contributed by atoms with van der Waals surface area (Å²) in [6.45, 7) is 1.87. The highest BCUT2D eigenvalue weighted by molar-refractivity contribution is 6.30. The van der Waals surface area contributed by atoms with Gasteiger partial charge in [-0.15, -0.1) is 0 Å². The lowest BCUT2D eigenvalue weighted by Crippen LogP contribution is -2.39. The molecule has 1 aliphatic heterocycles. The van der Waals surface area contributed by atoms with Crippen molar-refractivity contribution in [3.8, 4) is 5.75 Å². The second-order valence-corrected chi connectivity index (χ2v) is 6.87. The highest BCUT2D eigenvalue weighted by Gasteiger charge is 2.20. The standard InChI is InChI=1S/C20H20ClN3O/c21-15-4-2-5-17(13-15)22-16-9-11-24(12-10-16)19-8-7-14-3-1-6-18(25)20(14)23-19/h1-8,13,16,22,25H,9-12H2. The zero-order valence-corrected chi connectivity index (χ0v) is 14.6. The van der Waals surface area contributed by atoms with Crippen molar-refractivity contribution in [3.63, 3.8) is 0 Å². The van der Waals surface area contributed by atoms with Gasteiger partial charge >= 0.3 is 0 Å². The Morgan fingerprint density at radius 3 is 2.64 bits per heavy atom. The van der Waals surface area contributed by atoms with Gasteiger partial charge in [0.05, 0.1) is 0 Å². The Bertz CT molecular complexity index is 891. The van der Waals surface area contributed by atoms with Crippen LogP contribution in [-0.4, -0.2) is 29.2 Å². The normalized spacial score (nSPS) is 15.5. The highest BCUT2D eigenvalue weighted by Crippen LogP contribution is 2.27. The van der Waals surface area contributed by atoms with Gasteiger partial charge in [0.2, 0.25) is 0 Å². The van der Waals surface area contributed by atoms with E-state index in [1.54, 1.807) is 6.07 Å². The summed E-state index contributed by atoms with van der Waals surface area (Å²) in [4.78, 5) is 6.94. The number of piperidine rings is 1. The minimum Gasteiger partial charge on any atom is -0.506 e. The van der Waals surface area contributed by atoms with Crippen LogP contribution in [0, 0.1) is 0 Å². The molecule has 2 aromatic carbocycles. The Kier molecular flexibility index (Phi) is 4.36. The molecule has 0 saturated carbocycles. The minimum atomic E-state index is 0.233. The van der Waals surface area contributed by atoms with Gasteiger partial charge in [0.25, 0.3) is 0 Å². The van der Waals surface area contributed by atoms with Crippen molar-refractivity contribution in [2.24, 2.45) is 0 Å². The molecule has 0 atom stereocenters. The van der Waals surface area contributed by atoms with E-state index < -0.39 is 0 Å². The van der Waals surface area contributed by atoms with Crippen LogP contribution in [0.2, 0.25) is 5.02 Å². The van der Waals surface area contributed by atoms with Gasteiger partial charge in [0.15, 0.2) is 0 Å². The summed E-state index contributed by atoms with van der Waals surface area (Å²) in [7, 11) is 0. The number of pyridine rings is 1. The van der Waals surface area contributed by atoms with E-state index in [2.05, 4.69) is 15.2 Å². The number of hydrogen-bond donors (Lipinski definition) is 2. The summed E-state index contributed by atoms with van der Waals surface area (Å²) in [5.74, 6) is 1.16. The van der Waals surface area contributed by atoms with E-state index in [0.29, 0.717) is 11.6 Å². The molecule has 0 aliphatic carbocycles. The van der Waals surface area contributed by atoms with Crippen LogP contribution in [0.15, 0.2) is 54.6 Å². The number of phenolic OH excluding ortho intramolecular Hbond substituents is 1. The van der Waals surface area contributed by atoms with Crippen molar-refractivity contribution in [1.82, 2.24) is 4.98 Å². The smallest absolute Gasteiger partial charge is 0.141 e. The van der Waals surface area contributed by atoms with Gasteiger partial charge in [-0.3, -0.25) is 0 Å². The second kappa shape index (κ2) is 6.81. The lowest BCUT2D eigenvalue weighted by Gasteiger charge is -2.33. The van der Waals surface area contributed by atoms with Gasteiger partial charge < -0.3 is 15.3 Å². The average molecular weight is 354 g/mol. The first-order chi connectivity index (χ1) is 12.2. The quantitative estimate of drug-likeness (QED) is 0.718. The minimum absolute atomic E-state index is 0.233. The van der Waals surface area contributed by atoms with Crippen LogP contribution < -0.4 is 10.2 Å². The highest BCUT2D eigenvalue weighted by atomic mass is 35.5. The number of aromatic nitrogens is 1. The lowest BCUT2D eigenvalue weighted by atomic mass is 10.0. The molecule has 4 rings (SSSR count). The zero-order valence-electron chi connectivity index (χ0n) is 13.8. The molecule has 128 valence electrons. The number of benzene rings is 2. The first kappa shape index (κ1) is 16.0. The predicted octanol–water partition coefficient (Wildman–Crippen LogP) is 4.67. The summed E-state index contributed by atoms with van der Waals surface area (Å²) < 4.78 is 0. The molecule has 3 aromatic rings. The number of nitrogens with one attached hydrogen (secondary N) is 1. The first-order valence-electron chi connectivity index (χ1n) is 8.55. The SMILES string of the molecule is Oc1cccc2ccc(N3CCC(Nc4cccc(Cl)c4)CC3)nc12. The Morgan fingerprint density at radius 2 is 1.84 bits per heavy atom. The molecule has 1 fully saturated rings. The number of aromatic hydroxyl groups is 1. The number of anilines is 2. The molecular weight excluding hydrogens is 334 g/mol. The van der Waals surface area contributed by atoms with E-state index in [4.69, 9.17) is 11.6 Å². The third-order valence-electron chi connectivity index (χ3n) is 4.70. The largest absolute Gasteiger partial charge is 0.506 e. The summed E-state index contributed by atoms with van der Waals surface area (Å²) in [5, 5.41) is 15.3. The van der Waals surface area contributed by atoms with Gasteiger partial charge in [-0.25, -0.2) is 4.98 Å². The summed E-state index contributed by atoms with van der Waals surface area (Å²) in [6.07, 6.45) is 2.07. The van der Waals surface area contributed by atoms with E-state index in [1.165, 1.54) is 0 Å². The van der Waals surface area contributed by atoms with E-state index in [-0.39, 0.29) is 5.75 Å². The van der Waals surface area contributed by atoms with Crippen LogP contribution in [0.25, 0.3) is 10.9 Å². The fraction of sp³-hybridized carbons (Fsp3) is 0.250. The number of nitrogens with zero attached hydrogens (tertiary/aromatic N) is 2. The Morgan fingerprint density at radius 1 is 1.04 bits per heavy atom. The first-order valence-corrected chi connectivity index (χ1v) is 8.93. The number of phenols is 1. The number of hydrogen-bond acceptors (Lipinski definition) is 4. The van der Waals surface area contributed by atoms with Crippen LogP contribution in [0.1, 0.15) is 12.8 Å². The maximum atomic E-state index is 10.0. The summed E-state index contributed by atoms with van der Waals surface area (Å²) in [6, 6.07) is 17.8.